The fourth-order valence-corrected chi connectivity index (χ4v) is 5.56. The Balaban J connectivity index is 1.39. The molecule has 5 aromatic rings. The molecule has 0 aliphatic heterocycles. The fraction of sp³-hybridized carbons (Fsp3) is 0.0606. The molecule has 0 bridgehead atoms. The third kappa shape index (κ3) is 6.40. The zero-order chi connectivity index (χ0) is 28.8. The number of hydrogen-bond acceptors (Lipinski definition) is 5. The number of carbonyl (C=O) groups excluding carboxylic acids is 2. The van der Waals surface area contributed by atoms with E-state index in [1.54, 1.807) is 79.9 Å². The highest BCUT2D eigenvalue weighted by Crippen LogP contribution is 2.37. The smallest absolute Gasteiger partial charge is 0.336 e. The molecule has 2 amide bonds. The maximum atomic E-state index is 13.5. The summed E-state index contributed by atoms with van der Waals surface area (Å²) in [5, 5.41) is 16.0. The molecule has 5 rings (SSSR count). The summed E-state index contributed by atoms with van der Waals surface area (Å²) in [7, 11) is 1.58. The summed E-state index contributed by atoms with van der Waals surface area (Å²) in [5.41, 5.74) is 2.32. The predicted molar refractivity (Wildman–Crippen MR) is 162 cm³/mol. The van der Waals surface area contributed by atoms with Crippen LogP contribution in [0.4, 0.5) is 11.4 Å². The van der Waals surface area contributed by atoms with Crippen LogP contribution in [-0.2, 0) is 4.79 Å². The molecular weight excluding hydrogens is 536 g/mol. The lowest BCUT2D eigenvalue weighted by atomic mass is 9.98. The Morgan fingerprint density at radius 3 is 2.10 bits per heavy atom. The van der Waals surface area contributed by atoms with Crippen LogP contribution < -0.4 is 15.4 Å². The number of nitrogens with one attached hydrogen (secondary N) is 2. The van der Waals surface area contributed by atoms with Crippen molar-refractivity contribution in [1.29, 1.82) is 0 Å². The predicted octanol–water partition coefficient (Wildman–Crippen LogP) is 7.27. The van der Waals surface area contributed by atoms with Crippen LogP contribution in [0.2, 0.25) is 0 Å². The van der Waals surface area contributed by atoms with Crippen molar-refractivity contribution in [2.45, 2.75) is 10.1 Å². The van der Waals surface area contributed by atoms with E-state index in [9.17, 15) is 19.5 Å². The minimum Gasteiger partial charge on any atom is -0.497 e. The van der Waals surface area contributed by atoms with E-state index in [-0.39, 0.29) is 17.0 Å². The number of carboxylic acids is 1. The first-order chi connectivity index (χ1) is 19.9. The molecular formula is C33H26N2O5S. The van der Waals surface area contributed by atoms with Gasteiger partial charge in [-0.05, 0) is 65.5 Å². The first kappa shape index (κ1) is 27.5. The minimum absolute atomic E-state index is 0.0612. The topological polar surface area (TPSA) is 105 Å². The monoisotopic (exact) mass is 562 g/mol. The second-order valence-electron chi connectivity index (χ2n) is 9.12. The summed E-state index contributed by atoms with van der Waals surface area (Å²) in [6, 6.07) is 33.8. The quantitative estimate of drug-likeness (QED) is 0.163. The average Bonchev–Trinajstić information content (AvgIpc) is 3.00. The molecule has 5 aromatic carbocycles. The van der Waals surface area contributed by atoms with Crippen LogP contribution in [0, 0.1) is 0 Å². The van der Waals surface area contributed by atoms with E-state index in [1.807, 2.05) is 36.4 Å². The summed E-state index contributed by atoms with van der Waals surface area (Å²) >= 11 is 1.36. The van der Waals surface area contributed by atoms with E-state index < -0.39 is 17.1 Å². The molecule has 41 heavy (non-hydrogen) atoms. The zero-order valence-electron chi connectivity index (χ0n) is 22.0. The van der Waals surface area contributed by atoms with Gasteiger partial charge in [-0.2, -0.15) is 0 Å². The van der Waals surface area contributed by atoms with Gasteiger partial charge in [0.25, 0.3) is 5.91 Å². The maximum absolute atomic E-state index is 13.5. The standard InChI is InChI=1S/C33H26N2O5S/c1-40-25-18-16-23(17-19-25)34-32(37)30(22-8-3-2-4-9-22)41-26-13-7-12-24(20-26)35-31(36)27-14-5-10-21-11-6-15-28(29(21)27)33(38)39/h2-20,30H,1H3,(H,34,37)(H,35,36)(H,38,39). The SMILES string of the molecule is COc1ccc(NC(=O)C(Sc2cccc(NC(=O)c3cccc4cccc(C(=O)O)c34)c2)c2ccccc2)cc1. The molecule has 7 nitrogen and oxygen atoms in total. The Bertz CT molecular complexity index is 1720. The Morgan fingerprint density at radius 2 is 1.41 bits per heavy atom. The maximum Gasteiger partial charge on any atom is 0.336 e. The minimum atomic E-state index is -1.10. The summed E-state index contributed by atoms with van der Waals surface area (Å²) in [4.78, 5) is 39.4. The molecule has 0 aromatic heterocycles. The first-order valence-electron chi connectivity index (χ1n) is 12.8. The third-order valence-electron chi connectivity index (χ3n) is 6.42. The average molecular weight is 563 g/mol. The van der Waals surface area contributed by atoms with Gasteiger partial charge in [-0.1, -0.05) is 60.7 Å². The summed E-state index contributed by atoms with van der Waals surface area (Å²) in [6.07, 6.45) is 0. The molecule has 1 unspecified atom stereocenters. The van der Waals surface area contributed by atoms with Crippen LogP contribution in [0.25, 0.3) is 10.8 Å². The number of hydrogen-bond donors (Lipinski definition) is 3. The van der Waals surface area contributed by atoms with E-state index in [2.05, 4.69) is 10.6 Å². The third-order valence-corrected chi connectivity index (χ3v) is 7.67. The second kappa shape index (κ2) is 12.4. The van der Waals surface area contributed by atoms with Gasteiger partial charge in [-0.25, -0.2) is 4.79 Å². The summed E-state index contributed by atoms with van der Waals surface area (Å²) in [5.74, 6) is -1.03. The number of benzene rings is 5. The van der Waals surface area contributed by atoms with Crippen molar-refractivity contribution >= 4 is 51.7 Å². The molecule has 1 atom stereocenters. The number of aromatic carboxylic acids is 1. The van der Waals surface area contributed by atoms with Gasteiger partial charge in [0, 0.05) is 27.2 Å². The molecule has 0 radical (unpaired) electrons. The van der Waals surface area contributed by atoms with Gasteiger partial charge in [0.1, 0.15) is 11.0 Å². The van der Waals surface area contributed by atoms with E-state index in [1.165, 1.54) is 17.8 Å². The van der Waals surface area contributed by atoms with Crippen LogP contribution in [0.1, 0.15) is 31.5 Å². The van der Waals surface area contributed by atoms with Gasteiger partial charge in [0.2, 0.25) is 5.91 Å². The van der Waals surface area contributed by atoms with Crippen molar-refractivity contribution in [3.8, 4) is 5.75 Å². The number of carboxylic acid groups (broad SMARTS) is 1. The van der Waals surface area contributed by atoms with E-state index in [0.29, 0.717) is 27.9 Å². The van der Waals surface area contributed by atoms with Gasteiger partial charge in [0.15, 0.2) is 0 Å². The highest BCUT2D eigenvalue weighted by Gasteiger charge is 2.23. The molecule has 0 saturated carbocycles. The van der Waals surface area contributed by atoms with Crippen LogP contribution in [0.3, 0.4) is 0 Å². The highest BCUT2D eigenvalue weighted by atomic mass is 32.2. The second-order valence-corrected chi connectivity index (χ2v) is 10.3. The van der Waals surface area contributed by atoms with Crippen molar-refractivity contribution in [3.05, 3.63) is 132 Å². The Hall–Kier alpha value is -5.08. The van der Waals surface area contributed by atoms with E-state index in [4.69, 9.17) is 4.74 Å². The Labute approximate surface area is 241 Å². The number of ether oxygens (including phenoxy) is 1. The highest BCUT2D eigenvalue weighted by molar-refractivity contribution is 8.00. The molecule has 0 aliphatic carbocycles. The number of thioether (sulfide) groups is 1. The molecule has 3 N–H and O–H groups in total. The van der Waals surface area contributed by atoms with Crippen LogP contribution in [0.5, 0.6) is 5.75 Å². The van der Waals surface area contributed by atoms with Crippen LogP contribution >= 0.6 is 11.8 Å². The molecule has 0 fully saturated rings. The first-order valence-corrected chi connectivity index (χ1v) is 13.6. The zero-order valence-corrected chi connectivity index (χ0v) is 22.9. The van der Waals surface area contributed by atoms with Crippen molar-refractivity contribution in [2.24, 2.45) is 0 Å². The number of anilines is 2. The van der Waals surface area contributed by atoms with Crippen molar-refractivity contribution in [1.82, 2.24) is 0 Å². The van der Waals surface area contributed by atoms with Crippen LogP contribution in [-0.4, -0.2) is 30.0 Å². The molecule has 8 heteroatoms. The molecule has 0 saturated heterocycles. The fourth-order valence-electron chi connectivity index (χ4n) is 4.47. The summed E-state index contributed by atoms with van der Waals surface area (Å²) in [6.45, 7) is 0. The number of amides is 2. The van der Waals surface area contributed by atoms with Crippen molar-refractivity contribution in [3.63, 3.8) is 0 Å². The normalized spacial score (nSPS) is 11.4. The largest absolute Gasteiger partial charge is 0.497 e. The molecule has 204 valence electrons. The van der Waals surface area contributed by atoms with Crippen LogP contribution in [0.15, 0.2) is 120 Å². The van der Waals surface area contributed by atoms with E-state index >= 15 is 0 Å². The van der Waals surface area contributed by atoms with Gasteiger partial charge in [0.05, 0.1) is 12.7 Å². The van der Waals surface area contributed by atoms with Crippen molar-refractivity contribution < 1.29 is 24.2 Å². The lowest BCUT2D eigenvalue weighted by molar-refractivity contribution is -0.115. The number of rotatable bonds is 9. The summed E-state index contributed by atoms with van der Waals surface area (Å²) < 4.78 is 5.20. The van der Waals surface area contributed by atoms with Gasteiger partial charge < -0.3 is 20.5 Å². The van der Waals surface area contributed by atoms with Gasteiger partial charge >= 0.3 is 5.97 Å². The lowest BCUT2D eigenvalue weighted by Gasteiger charge is -2.18. The molecule has 0 spiro atoms. The van der Waals surface area contributed by atoms with Gasteiger partial charge in [-0.15, -0.1) is 11.8 Å². The number of methoxy groups -OCH3 is 1. The number of fused-ring (bicyclic) bond motifs is 1. The van der Waals surface area contributed by atoms with Gasteiger partial charge in [-0.3, -0.25) is 9.59 Å². The lowest BCUT2D eigenvalue weighted by Crippen LogP contribution is -2.19. The number of carbonyl (C=O) groups is 3. The Morgan fingerprint density at radius 1 is 0.732 bits per heavy atom. The van der Waals surface area contributed by atoms with E-state index in [0.717, 1.165) is 10.5 Å². The van der Waals surface area contributed by atoms with Crippen molar-refractivity contribution in [2.75, 3.05) is 17.7 Å². The molecule has 0 heterocycles. The molecule has 0 aliphatic rings. The Kier molecular flexibility index (Phi) is 8.31.